The molecule has 116 valence electrons. The van der Waals surface area contributed by atoms with Crippen LogP contribution in [0.1, 0.15) is 44.3 Å². The molecule has 0 bridgehead atoms. The summed E-state index contributed by atoms with van der Waals surface area (Å²) in [6.45, 7) is 2.78. The summed E-state index contributed by atoms with van der Waals surface area (Å²) in [7, 11) is 0. The summed E-state index contributed by atoms with van der Waals surface area (Å²) < 4.78 is 6.85. The van der Waals surface area contributed by atoms with E-state index in [0.29, 0.717) is 37.1 Å². The number of hydrogen-bond donors (Lipinski definition) is 1. The zero-order valence-corrected chi connectivity index (χ0v) is 12.8. The predicted octanol–water partition coefficient (Wildman–Crippen LogP) is 1.68. The first-order valence-corrected chi connectivity index (χ1v) is 8.03. The monoisotopic (exact) mass is 313 g/mol. The highest BCUT2D eigenvalue weighted by Crippen LogP contribution is 2.40. The molecule has 2 rings (SSSR count). The lowest BCUT2D eigenvalue weighted by Crippen LogP contribution is -2.09. The van der Waals surface area contributed by atoms with Crippen molar-refractivity contribution in [1.29, 1.82) is 0 Å². The second kappa shape index (κ2) is 7.44. The summed E-state index contributed by atoms with van der Waals surface area (Å²) in [5.74, 6) is 0.207. The lowest BCUT2D eigenvalue weighted by molar-refractivity contribution is -0.143. The van der Waals surface area contributed by atoms with E-state index in [4.69, 9.17) is 9.84 Å². The molecule has 1 aliphatic carbocycles. The number of carbonyl (C=O) groups excluding carboxylic acids is 1. The van der Waals surface area contributed by atoms with Crippen LogP contribution in [-0.4, -0.2) is 44.2 Å². The molecule has 0 aromatic carbocycles. The Labute approximate surface area is 127 Å². The van der Waals surface area contributed by atoms with Crippen molar-refractivity contribution in [3.8, 4) is 0 Å². The molecular weight excluding hydrogens is 294 g/mol. The molecule has 1 heterocycles. The van der Waals surface area contributed by atoms with Crippen molar-refractivity contribution in [2.75, 3.05) is 12.4 Å². The Kier molecular flexibility index (Phi) is 5.60. The van der Waals surface area contributed by atoms with Gasteiger partial charge in [-0.2, -0.15) is 0 Å². The molecule has 1 aromatic heterocycles. The molecule has 7 nitrogen and oxygen atoms in total. The van der Waals surface area contributed by atoms with Gasteiger partial charge >= 0.3 is 11.9 Å². The standard InChI is InChI=1S/C13H19N3O4S/c1-2-20-11(19)4-3-7-16-12(9-5-6-9)14-15-13(16)21-8-10(17)18/h9H,2-8H2,1H3,(H,17,18). The number of esters is 1. The highest BCUT2D eigenvalue weighted by atomic mass is 32.2. The first-order chi connectivity index (χ1) is 10.1. The SMILES string of the molecule is CCOC(=O)CCCn1c(SCC(=O)O)nnc1C1CC1. The van der Waals surface area contributed by atoms with Crippen LogP contribution in [0.15, 0.2) is 5.16 Å². The average Bonchev–Trinajstić information content (AvgIpc) is 3.19. The number of nitrogens with zero attached hydrogens (tertiary/aromatic N) is 3. The van der Waals surface area contributed by atoms with E-state index in [1.54, 1.807) is 6.92 Å². The second-order valence-corrected chi connectivity index (χ2v) is 5.80. The van der Waals surface area contributed by atoms with Crippen molar-refractivity contribution in [1.82, 2.24) is 14.8 Å². The van der Waals surface area contributed by atoms with Gasteiger partial charge in [-0.15, -0.1) is 10.2 Å². The average molecular weight is 313 g/mol. The van der Waals surface area contributed by atoms with E-state index in [2.05, 4.69) is 10.2 Å². The van der Waals surface area contributed by atoms with Gasteiger partial charge in [-0.25, -0.2) is 0 Å². The number of carbonyl (C=O) groups is 2. The van der Waals surface area contributed by atoms with E-state index in [1.165, 1.54) is 0 Å². The Balaban J connectivity index is 1.95. The van der Waals surface area contributed by atoms with Crippen molar-refractivity contribution in [3.05, 3.63) is 5.82 Å². The summed E-state index contributed by atoms with van der Waals surface area (Å²) in [6.07, 6.45) is 3.18. The summed E-state index contributed by atoms with van der Waals surface area (Å²) in [6, 6.07) is 0. The Morgan fingerprint density at radius 2 is 2.19 bits per heavy atom. The first kappa shape index (κ1) is 15.8. The van der Waals surface area contributed by atoms with E-state index in [0.717, 1.165) is 30.4 Å². The normalized spacial score (nSPS) is 14.1. The molecular formula is C13H19N3O4S. The van der Waals surface area contributed by atoms with Crippen molar-refractivity contribution in [3.63, 3.8) is 0 Å². The molecule has 1 N–H and O–H groups in total. The molecule has 0 amide bonds. The molecule has 0 unspecified atom stereocenters. The first-order valence-electron chi connectivity index (χ1n) is 7.05. The molecule has 0 aliphatic heterocycles. The van der Waals surface area contributed by atoms with E-state index < -0.39 is 5.97 Å². The van der Waals surface area contributed by atoms with Gasteiger partial charge in [0.15, 0.2) is 5.16 Å². The quantitative estimate of drug-likeness (QED) is 0.547. The maximum atomic E-state index is 11.4. The van der Waals surface area contributed by atoms with Gasteiger partial charge in [0.05, 0.1) is 12.4 Å². The van der Waals surface area contributed by atoms with Crippen LogP contribution in [0, 0.1) is 0 Å². The molecule has 0 radical (unpaired) electrons. The molecule has 21 heavy (non-hydrogen) atoms. The minimum absolute atomic E-state index is 0.0410. The van der Waals surface area contributed by atoms with Gasteiger partial charge < -0.3 is 14.4 Å². The largest absolute Gasteiger partial charge is 0.481 e. The molecule has 1 saturated carbocycles. The summed E-state index contributed by atoms with van der Waals surface area (Å²) in [4.78, 5) is 22.0. The topological polar surface area (TPSA) is 94.3 Å². The summed E-state index contributed by atoms with van der Waals surface area (Å²) >= 11 is 1.16. The lowest BCUT2D eigenvalue weighted by Gasteiger charge is -2.09. The minimum Gasteiger partial charge on any atom is -0.481 e. The number of rotatable bonds is 9. The van der Waals surface area contributed by atoms with E-state index in [1.807, 2.05) is 4.57 Å². The van der Waals surface area contributed by atoms with Crippen LogP contribution < -0.4 is 0 Å². The van der Waals surface area contributed by atoms with Crippen LogP contribution in [-0.2, 0) is 20.9 Å². The lowest BCUT2D eigenvalue weighted by atomic mass is 10.3. The Bertz CT molecular complexity index is 514. The summed E-state index contributed by atoms with van der Waals surface area (Å²) in [5, 5.41) is 17.6. The maximum Gasteiger partial charge on any atom is 0.313 e. The number of hydrogen-bond acceptors (Lipinski definition) is 6. The predicted molar refractivity (Wildman–Crippen MR) is 76.2 cm³/mol. The Hall–Kier alpha value is -1.57. The molecule has 1 aromatic rings. The fourth-order valence-electron chi connectivity index (χ4n) is 2.00. The second-order valence-electron chi connectivity index (χ2n) is 4.86. The van der Waals surface area contributed by atoms with Crippen molar-refractivity contribution in [2.45, 2.75) is 50.2 Å². The van der Waals surface area contributed by atoms with Crippen LogP contribution in [0.2, 0.25) is 0 Å². The van der Waals surface area contributed by atoms with E-state index >= 15 is 0 Å². The van der Waals surface area contributed by atoms with Gasteiger partial charge in [0.2, 0.25) is 0 Å². The third-order valence-corrected chi connectivity index (χ3v) is 4.03. The zero-order valence-electron chi connectivity index (χ0n) is 11.9. The van der Waals surface area contributed by atoms with Crippen LogP contribution >= 0.6 is 11.8 Å². The summed E-state index contributed by atoms with van der Waals surface area (Å²) in [5.41, 5.74) is 0. The fraction of sp³-hybridized carbons (Fsp3) is 0.692. The smallest absolute Gasteiger partial charge is 0.313 e. The van der Waals surface area contributed by atoms with Crippen LogP contribution in [0.3, 0.4) is 0 Å². The van der Waals surface area contributed by atoms with Gasteiger partial charge in [0.1, 0.15) is 5.82 Å². The number of aromatic nitrogens is 3. The molecule has 1 fully saturated rings. The highest BCUT2D eigenvalue weighted by Gasteiger charge is 2.30. The third kappa shape index (κ3) is 4.73. The van der Waals surface area contributed by atoms with Crippen molar-refractivity contribution in [2.24, 2.45) is 0 Å². The van der Waals surface area contributed by atoms with Crippen LogP contribution in [0.25, 0.3) is 0 Å². The molecule has 8 heteroatoms. The number of carboxylic acid groups (broad SMARTS) is 1. The van der Waals surface area contributed by atoms with E-state index in [9.17, 15) is 9.59 Å². The van der Waals surface area contributed by atoms with Crippen molar-refractivity contribution < 1.29 is 19.4 Å². The van der Waals surface area contributed by atoms with Gasteiger partial charge in [-0.3, -0.25) is 9.59 Å². The number of ether oxygens (including phenoxy) is 1. The van der Waals surface area contributed by atoms with Gasteiger partial charge in [0, 0.05) is 18.9 Å². The number of thioether (sulfide) groups is 1. The van der Waals surface area contributed by atoms with Gasteiger partial charge in [-0.05, 0) is 26.2 Å². The Morgan fingerprint density at radius 1 is 1.43 bits per heavy atom. The number of carboxylic acids is 1. The highest BCUT2D eigenvalue weighted by molar-refractivity contribution is 7.99. The number of aliphatic carboxylic acids is 1. The van der Waals surface area contributed by atoms with Crippen molar-refractivity contribution >= 4 is 23.7 Å². The van der Waals surface area contributed by atoms with Crippen LogP contribution in [0.4, 0.5) is 0 Å². The van der Waals surface area contributed by atoms with Gasteiger partial charge in [-0.1, -0.05) is 11.8 Å². The molecule has 1 aliphatic rings. The molecule has 0 saturated heterocycles. The fourth-order valence-corrected chi connectivity index (χ4v) is 2.69. The van der Waals surface area contributed by atoms with Gasteiger partial charge in [0.25, 0.3) is 0 Å². The minimum atomic E-state index is -0.881. The maximum absolute atomic E-state index is 11.4. The zero-order chi connectivity index (χ0) is 15.2. The molecule has 0 atom stereocenters. The Morgan fingerprint density at radius 3 is 2.81 bits per heavy atom. The van der Waals surface area contributed by atoms with Crippen LogP contribution in [0.5, 0.6) is 0 Å². The molecule has 0 spiro atoms. The third-order valence-electron chi connectivity index (χ3n) is 3.08. The van der Waals surface area contributed by atoms with E-state index in [-0.39, 0.29) is 11.7 Å².